The third-order valence-corrected chi connectivity index (χ3v) is 11.5. The molecule has 69 heavy (non-hydrogen) atoms. The second-order valence-electron chi connectivity index (χ2n) is 16.1. The minimum Gasteiger partial charge on any atom is -0.507 e. The number of ether oxygens (including phenoxy) is 9. The van der Waals surface area contributed by atoms with Crippen LogP contribution in [-0.2, 0) is 28.5 Å². The maximum absolute atomic E-state index is 14.5. The van der Waals surface area contributed by atoms with E-state index in [4.69, 9.17) is 47.0 Å². The van der Waals surface area contributed by atoms with Crippen molar-refractivity contribution in [3.05, 3.63) is 64.3 Å². The molecule has 0 amide bonds. The summed E-state index contributed by atoms with van der Waals surface area (Å²) in [5.41, 5.74) is -1.45. The number of aromatic hydroxyl groups is 4. The van der Waals surface area contributed by atoms with Gasteiger partial charge in [0.25, 0.3) is 0 Å². The highest BCUT2D eigenvalue weighted by Gasteiger charge is 2.52. The number of phenols is 4. The standard InChI is InChI=1S/C44H50O25/c1-15-29(50)34(55)37(58)42(63-15)64-18-11-21(48)28-22(12-18)65-39(17-5-6-19(46)20(47)10-17)40(33(28)54)68-44-41(36(57)31(52)25(13-45)66-44)69-43-38(59)35(56)32(53)26(67-43)14-62-27(49)7-4-16-8-23(60-2)30(51)24(9-16)61-3/h4-12,15,25-26,29,31-32,34-38,41-48,50-53,55-59H,13-14H2,1-3H3/b7-4+/t15?,25?,26?,29-,31+,32+,34?,35-,36-,37-,38?,41?,42-,43-,44-/m0/s1. The van der Waals surface area contributed by atoms with Gasteiger partial charge in [-0.3, -0.25) is 4.79 Å². The monoisotopic (exact) mass is 978 g/mol. The Morgan fingerprint density at radius 2 is 1.32 bits per heavy atom. The minimum atomic E-state index is -2.13. The molecule has 3 aromatic carbocycles. The third-order valence-electron chi connectivity index (χ3n) is 11.5. The smallest absolute Gasteiger partial charge is 0.330 e. The Morgan fingerprint density at radius 1 is 0.681 bits per heavy atom. The van der Waals surface area contributed by atoms with E-state index in [2.05, 4.69) is 0 Å². The zero-order chi connectivity index (χ0) is 50.2. The van der Waals surface area contributed by atoms with Gasteiger partial charge in [0.2, 0.25) is 29.5 Å². The Hall–Kier alpha value is -6.04. The molecule has 15 atom stereocenters. The lowest BCUT2D eigenvalue weighted by Gasteiger charge is -2.45. The van der Waals surface area contributed by atoms with Crippen LogP contribution in [-0.4, -0.2) is 192 Å². The summed E-state index contributed by atoms with van der Waals surface area (Å²) < 4.78 is 55.9. The summed E-state index contributed by atoms with van der Waals surface area (Å²) in [5, 5.41) is 137. The van der Waals surface area contributed by atoms with Crippen molar-refractivity contribution in [2.45, 2.75) is 99.0 Å². The lowest BCUT2D eigenvalue weighted by Crippen LogP contribution is -2.65. The van der Waals surface area contributed by atoms with Crippen LogP contribution in [0.3, 0.4) is 0 Å². The van der Waals surface area contributed by atoms with E-state index in [0.29, 0.717) is 5.56 Å². The van der Waals surface area contributed by atoms with Gasteiger partial charge in [-0.2, -0.15) is 0 Å². The number of hydrogen-bond acceptors (Lipinski definition) is 25. The first kappa shape index (κ1) is 50.8. The van der Waals surface area contributed by atoms with Gasteiger partial charge in [0.05, 0.1) is 26.9 Å². The number of hydrogen-bond donors (Lipinski definition) is 13. The van der Waals surface area contributed by atoms with Crippen molar-refractivity contribution in [3.63, 3.8) is 0 Å². The van der Waals surface area contributed by atoms with E-state index in [1.165, 1.54) is 45.4 Å². The van der Waals surface area contributed by atoms with Crippen molar-refractivity contribution in [3.8, 4) is 57.3 Å². The van der Waals surface area contributed by atoms with Crippen molar-refractivity contribution >= 4 is 23.0 Å². The van der Waals surface area contributed by atoms with Gasteiger partial charge >= 0.3 is 5.97 Å². The molecule has 376 valence electrons. The number of aliphatic hydroxyl groups is 9. The molecule has 0 bridgehead atoms. The Balaban J connectivity index is 1.18. The molecule has 3 fully saturated rings. The molecule has 6 unspecified atom stereocenters. The molecule has 25 nitrogen and oxygen atoms in total. The molecule has 0 aliphatic carbocycles. The van der Waals surface area contributed by atoms with Crippen molar-refractivity contribution in [2.75, 3.05) is 27.4 Å². The van der Waals surface area contributed by atoms with Crippen LogP contribution < -0.4 is 24.4 Å². The average Bonchev–Trinajstić information content (AvgIpc) is 3.32. The number of rotatable bonds is 14. The fourth-order valence-corrected chi connectivity index (χ4v) is 7.65. The van der Waals surface area contributed by atoms with Gasteiger partial charge in [-0.25, -0.2) is 4.79 Å². The first-order valence-electron chi connectivity index (χ1n) is 20.9. The molecule has 25 heteroatoms. The van der Waals surface area contributed by atoms with Crippen LogP contribution >= 0.6 is 0 Å². The largest absolute Gasteiger partial charge is 0.507 e. The second-order valence-corrected chi connectivity index (χ2v) is 16.1. The fourth-order valence-electron chi connectivity index (χ4n) is 7.65. The van der Waals surface area contributed by atoms with E-state index in [1.54, 1.807) is 0 Å². The van der Waals surface area contributed by atoms with Crippen molar-refractivity contribution in [1.29, 1.82) is 0 Å². The van der Waals surface area contributed by atoms with E-state index in [0.717, 1.165) is 30.3 Å². The van der Waals surface area contributed by atoms with E-state index in [-0.39, 0.29) is 28.6 Å². The number of methoxy groups -OCH3 is 2. The van der Waals surface area contributed by atoms with Crippen LogP contribution in [0, 0.1) is 0 Å². The number of carbonyl (C=O) groups excluding carboxylic acids is 1. The molecule has 0 spiro atoms. The van der Waals surface area contributed by atoms with Gasteiger partial charge in [0, 0.05) is 23.8 Å². The predicted molar refractivity (Wildman–Crippen MR) is 227 cm³/mol. The van der Waals surface area contributed by atoms with Gasteiger partial charge in [-0.15, -0.1) is 0 Å². The average molecular weight is 979 g/mol. The molecule has 3 aliphatic heterocycles. The fraction of sp³-hybridized carbons (Fsp3) is 0.455. The van der Waals surface area contributed by atoms with E-state index in [9.17, 15) is 76.0 Å². The molecule has 3 saturated heterocycles. The Bertz CT molecular complexity index is 2540. The number of carbonyl (C=O) groups is 1. The normalized spacial score (nSPS) is 31.6. The van der Waals surface area contributed by atoms with E-state index in [1.807, 2.05) is 0 Å². The van der Waals surface area contributed by atoms with Crippen molar-refractivity contribution in [1.82, 2.24) is 0 Å². The maximum Gasteiger partial charge on any atom is 0.330 e. The second kappa shape index (κ2) is 20.9. The van der Waals surface area contributed by atoms with E-state index < -0.39 is 156 Å². The molecular formula is C44H50O25. The molecule has 4 aromatic rings. The Kier molecular flexibility index (Phi) is 15.4. The summed E-state index contributed by atoms with van der Waals surface area (Å²) in [7, 11) is 2.60. The summed E-state index contributed by atoms with van der Waals surface area (Å²) in [6.45, 7) is -0.337. The SMILES string of the molecule is COc1cc(/C=C/C(=O)OCC2O[C@@H](OC3[C@H](Oc4c(-c5ccc(O)c(O)c5)oc5cc(O[C@@H]6OC(C)[C@H](O)C(O)[C@@H]6O)cc(O)c5c4=O)OC(CO)[C@@H](O)[C@@H]3O)C(O)[C@@H](O)[C@@H]2O)cc(OC)c1O. The highest BCUT2D eigenvalue weighted by molar-refractivity contribution is 5.89. The maximum atomic E-state index is 14.5. The van der Waals surface area contributed by atoms with Crippen molar-refractivity contribution in [2.24, 2.45) is 0 Å². The molecule has 3 aliphatic rings. The highest BCUT2D eigenvalue weighted by Crippen LogP contribution is 2.41. The number of aliphatic hydroxyl groups excluding tert-OH is 9. The number of benzene rings is 3. The summed E-state index contributed by atoms with van der Waals surface area (Å²) in [5.74, 6) is -5.05. The quantitative estimate of drug-likeness (QED) is 0.0361. The summed E-state index contributed by atoms with van der Waals surface area (Å²) in [6.07, 6.45) is -25.0. The zero-order valence-corrected chi connectivity index (χ0v) is 36.5. The first-order chi connectivity index (χ1) is 32.8. The third kappa shape index (κ3) is 10.3. The molecule has 0 radical (unpaired) electrons. The zero-order valence-electron chi connectivity index (χ0n) is 36.5. The molecule has 7 rings (SSSR count). The van der Waals surface area contributed by atoms with Crippen LogP contribution in [0.2, 0.25) is 0 Å². The van der Waals surface area contributed by atoms with Gasteiger partial charge < -0.3 is 113 Å². The van der Waals surface area contributed by atoms with Crippen LogP contribution in [0.5, 0.6) is 46.0 Å². The molecule has 1 aromatic heterocycles. The molecule has 13 N–H and O–H groups in total. The van der Waals surface area contributed by atoms with Crippen LogP contribution in [0.4, 0.5) is 0 Å². The summed E-state index contributed by atoms with van der Waals surface area (Å²) in [4.78, 5) is 27.2. The highest BCUT2D eigenvalue weighted by atomic mass is 16.8. The lowest BCUT2D eigenvalue weighted by atomic mass is 9.97. The predicted octanol–water partition coefficient (Wildman–Crippen LogP) is -2.23. The number of fused-ring (bicyclic) bond motifs is 1. The summed E-state index contributed by atoms with van der Waals surface area (Å²) in [6, 6.07) is 7.89. The first-order valence-corrected chi connectivity index (χ1v) is 20.9. The topological polar surface area (TPSA) is 393 Å². The van der Waals surface area contributed by atoms with Gasteiger partial charge in [0.15, 0.2) is 41.2 Å². The van der Waals surface area contributed by atoms with Crippen LogP contribution in [0.15, 0.2) is 57.8 Å². The van der Waals surface area contributed by atoms with Gasteiger partial charge in [0.1, 0.15) is 90.1 Å². The minimum absolute atomic E-state index is 0.0354. The van der Waals surface area contributed by atoms with Gasteiger partial charge in [-0.1, -0.05) is 0 Å². The number of phenolic OH excluding ortho intramolecular Hbond substituents is 4. The number of esters is 1. The lowest BCUT2D eigenvalue weighted by molar-refractivity contribution is -0.358. The Labute approximate surface area is 388 Å². The molecule has 4 heterocycles. The molecule has 0 saturated carbocycles. The Morgan fingerprint density at radius 3 is 1.97 bits per heavy atom. The van der Waals surface area contributed by atoms with Crippen LogP contribution in [0.25, 0.3) is 28.4 Å². The summed E-state index contributed by atoms with van der Waals surface area (Å²) >= 11 is 0. The molecular weight excluding hydrogens is 928 g/mol. The van der Waals surface area contributed by atoms with Crippen LogP contribution in [0.1, 0.15) is 12.5 Å². The van der Waals surface area contributed by atoms with Gasteiger partial charge in [-0.05, 0) is 48.9 Å². The van der Waals surface area contributed by atoms with Crippen molar-refractivity contribution < 1.29 is 118 Å². The van der Waals surface area contributed by atoms with E-state index >= 15 is 0 Å².